The zero-order valence-corrected chi connectivity index (χ0v) is 8.40. The summed E-state index contributed by atoms with van der Waals surface area (Å²) in [7, 11) is 0. The minimum absolute atomic E-state index is 1.08. The number of hydroxylamine groups is 1. The van der Waals surface area contributed by atoms with Gasteiger partial charge in [-0.15, -0.1) is 0 Å². The molecule has 0 unspecified atom stereocenters. The fourth-order valence-corrected chi connectivity index (χ4v) is 0.800. The van der Waals surface area contributed by atoms with Crippen molar-refractivity contribution in [2.75, 3.05) is 0 Å². The summed E-state index contributed by atoms with van der Waals surface area (Å²) in [5.74, 6) is 0. The van der Waals surface area contributed by atoms with Crippen LogP contribution in [-0.2, 0) is 4.84 Å². The lowest BCUT2D eigenvalue weighted by Crippen LogP contribution is -2.01. The Kier molecular flexibility index (Phi) is 4.27. The second-order valence-corrected chi connectivity index (χ2v) is 2.90. The number of pyridine rings is 1. The summed E-state index contributed by atoms with van der Waals surface area (Å²) in [4.78, 5) is 8.63. The van der Waals surface area contributed by atoms with Gasteiger partial charge in [-0.05, 0) is 37.6 Å². The molecule has 0 radical (unpaired) electrons. The van der Waals surface area contributed by atoms with E-state index in [1.807, 2.05) is 32.2 Å². The van der Waals surface area contributed by atoms with E-state index in [2.05, 4.69) is 21.4 Å². The minimum atomic E-state index is 1.08. The van der Waals surface area contributed by atoms with Crippen LogP contribution < -0.4 is 5.48 Å². The summed E-state index contributed by atoms with van der Waals surface area (Å²) in [6.45, 7) is 4.02. The molecular formula is C11H14N2O. The quantitative estimate of drug-likeness (QED) is 0.681. The highest BCUT2D eigenvalue weighted by Gasteiger charge is 1.81. The highest BCUT2D eigenvalue weighted by molar-refractivity contribution is 5.10. The third kappa shape index (κ3) is 4.30. The second-order valence-electron chi connectivity index (χ2n) is 2.90. The molecule has 14 heavy (non-hydrogen) atoms. The fourth-order valence-electron chi connectivity index (χ4n) is 0.800. The molecule has 0 spiro atoms. The molecule has 1 N–H and O–H groups in total. The SMILES string of the molecule is C1=CNOC=C1.Cc1ccc(C)nc1. The lowest BCUT2D eigenvalue weighted by Gasteiger charge is -1.97. The van der Waals surface area contributed by atoms with Gasteiger partial charge in [-0.2, -0.15) is 0 Å². The molecular weight excluding hydrogens is 176 g/mol. The van der Waals surface area contributed by atoms with E-state index in [1.165, 1.54) is 5.56 Å². The van der Waals surface area contributed by atoms with Crippen LogP contribution in [-0.4, -0.2) is 4.98 Å². The van der Waals surface area contributed by atoms with Crippen LogP contribution in [0.3, 0.4) is 0 Å². The first kappa shape index (κ1) is 10.3. The van der Waals surface area contributed by atoms with E-state index in [-0.39, 0.29) is 0 Å². The lowest BCUT2D eigenvalue weighted by atomic mass is 10.3. The zero-order valence-electron chi connectivity index (χ0n) is 8.40. The maximum Gasteiger partial charge on any atom is 0.119 e. The van der Waals surface area contributed by atoms with Crippen LogP contribution in [0.4, 0.5) is 0 Å². The normalized spacial score (nSPS) is 12.1. The Labute approximate surface area is 84.1 Å². The van der Waals surface area contributed by atoms with E-state index in [9.17, 15) is 0 Å². The predicted molar refractivity (Wildman–Crippen MR) is 56.2 cm³/mol. The Morgan fingerprint density at radius 1 is 1.21 bits per heavy atom. The summed E-state index contributed by atoms with van der Waals surface area (Å²) in [6, 6.07) is 4.07. The number of hydrogen-bond donors (Lipinski definition) is 1. The number of nitrogens with one attached hydrogen (secondary N) is 1. The first-order chi connectivity index (χ1) is 6.79. The van der Waals surface area contributed by atoms with Crippen LogP contribution in [0.1, 0.15) is 11.3 Å². The summed E-state index contributed by atoms with van der Waals surface area (Å²) >= 11 is 0. The molecule has 74 valence electrons. The van der Waals surface area contributed by atoms with E-state index in [4.69, 9.17) is 0 Å². The molecule has 0 aromatic carbocycles. The van der Waals surface area contributed by atoms with Gasteiger partial charge in [0.1, 0.15) is 6.26 Å². The third-order valence-electron chi connectivity index (χ3n) is 1.55. The van der Waals surface area contributed by atoms with Gasteiger partial charge in [-0.1, -0.05) is 6.07 Å². The predicted octanol–water partition coefficient (Wildman–Crippen LogP) is 2.25. The number of hydrogen-bond acceptors (Lipinski definition) is 3. The van der Waals surface area contributed by atoms with Crippen molar-refractivity contribution < 1.29 is 4.84 Å². The number of rotatable bonds is 0. The van der Waals surface area contributed by atoms with E-state index in [0.717, 1.165) is 5.69 Å². The van der Waals surface area contributed by atoms with Gasteiger partial charge in [0.15, 0.2) is 0 Å². The van der Waals surface area contributed by atoms with Crippen molar-refractivity contribution in [3.63, 3.8) is 0 Å². The molecule has 1 aromatic heterocycles. The average Bonchev–Trinajstić information content (AvgIpc) is 2.26. The number of allylic oxidation sites excluding steroid dienone is 2. The molecule has 0 aliphatic carbocycles. The van der Waals surface area contributed by atoms with Crippen LogP contribution in [0, 0.1) is 13.8 Å². The summed E-state index contributed by atoms with van der Waals surface area (Å²) < 4.78 is 0. The van der Waals surface area contributed by atoms with Gasteiger partial charge in [0.05, 0.1) is 0 Å². The van der Waals surface area contributed by atoms with Crippen molar-refractivity contribution in [3.8, 4) is 0 Å². The first-order valence-corrected chi connectivity index (χ1v) is 4.41. The highest BCUT2D eigenvalue weighted by atomic mass is 16.6. The number of nitrogens with zero attached hydrogens (tertiary/aromatic N) is 1. The third-order valence-corrected chi connectivity index (χ3v) is 1.55. The average molecular weight is 190 g/mol. The molecule has 0 atom stereocenters. The Hall–Kier alpha value is -1.77. The maximum absolute atomic E-state index is 4.55. The molecule has 1 aliphatic rings. The van der Waals surface area contributed by atoms with Crippen molar-refractivity contribution in [1.29, 1.82) is 0 Å². The molecule has 0 saturated heterocycles. The molecule has 3 heteroatoms. The molecule has 0 amide bonds. The Bertz CT molecular complexity index is 282. The van der Waals surface area contributed by atoms with Gasteiger partial charge in [-0.3, -0.25) is 4.98 Å². The van der Waals surface area contributed by atoms with E-state index >= 15 is 0 Å². The molecule has 0 saturated carbocycles. The van der Waals surface area contributed by atoms with Crippen LogP contribution >= 0.6 is 0 Å². The zero-order chi connectivity index (χ0) is 10.2. The molecule has 0 fully saturated rings. The first-order valence-electron chi connectivity index (χ1n) is 4.41. The molecule has 2 heterocycles. The van der Waals surface area contributed by atoms with Gasteiger partial charge in [0, 0.05) is 18.1 Å². The van der Waals surface area contributed by atoms with E-state index in [0.29, 0.717) is 0 Å². The van der Waals surface area contributed by atoms with Crippen molar-refractivity contribution in [2.24, 2.45) is 0 Å². The van der Waals surface area contributed by atoms with Crippen molar-refractivity contribution in [1.82, 2.24) is 10.5 Å². The van der Waals surface area contributed by atoms with Crippen molar-refractivity contribution in [3.05, 3.63) is 54.2 Å². The van der Waals surface area contributed by atoms with E-state index in [1.54, 1.807) is 18.5 Å². The summed E-state index contributed by atoms with van der Waals surface area (Å²) in [6.07, 6.45) is 8.80. The summed E-state index contributed by atoms with van der Waals surface area (Å²) in [5.41, 5.74) is 4.81. The molecule has 3 nitrogen and oxygen atoms in total. The van der Waals surface area contributed by atoms with Crippen LogP contribution in [0.15, 0.2) is 42.9 Å². The highest BCUT2D eigenvalue weighted by Crippen LogP contribution is 1.94. The fraction of sp³-hybridized carbons (Fsp3) is 0.182. The molecule has 1 aliphatic heterocycles. The minimum Gasteiger partial charge on any atom is -0.391 e. The van der Waals surface area contributed by atoms with Crippen molar-refractivity contribution >= 4 is 0 Å². The lowest BCUT2D eigenvalue weighted by molar-refractivity contribution is 0.172. The standard InChI is InChI=1S/C7H9N.C4H5NO/c1-6-3-4-7(2)8-5-6;1-2-4-6-5-3-1/h3-5H,1-2H3;1-5H. The molecule has 2 rings (SSSR count). The van der Waals surface area contributed by atoms with Gasteiger partial charge in [-0.25, -0.2) is 5.48 Å². The maximum atomic E-state index is 4.55. The largest absolute Gasteiger partial charge is 0.391 e. The van der Waals surface area contributed by atoms with Crippen molar-refractivity contribution in [2.45, 2.75) is 13.8 Å². The van der Waals surface area contributed by atoms with Crippen LogP contribution in [0.2, 0.25) is 0 Å². The monoisotopic (exact) mass is 190 g/mol. The van der Waals surface area contributed by atoms with E-state index < -0.39 is 0 Å². The van der Waals surface area contributed by atoms with Gasteiger partial charge < -0.3 is 4.84 Å². The number of aryl methyl sites for hydroxylation is 2. The smallest absolute Gasteiger partial charge is 0.119 e. The Balaban J connectivity index is 0.000000146. The second kappa shape index (κ2) is 5.80. The number of aromatic nitrogens is 1. The molecule has 0 bridgehead atoms. The topological polar surface area (TPSA) is 34.1 Å². The van der Waals surface area contributed by atoms with Crippen LogP contribution in [0.25, 0.3) is 0 Å². The Morgan fingerprint density at radius 3 is 2.36 bits per heavy atom. The van der Waals surface area contributed by atoms with Gasteiger partial charge in [0.25, 0.3) is 0 Å². The van der Waals surface area contributed by atoms with Crippen LogP contribution in [0.5, 0.6) is 0 Å². The molecule has 1 aromatic rings. The Morgan fingerprint density at radius 2 is 2.07 bits per heavy atom. The van der Waals surface area contributed by atoms with Gasteiger partial charge >= 0.3 is 0 Å². The van der Waals surface area contributed by atoms with Gasteiger partial charge in [0.2, 0.25) is 0 Å². The summed E-state index contributed by atoms with van der Waals surface area (Å²) in [5, 5.41) is 0.